The maximum atomic E-state index is 11.5. The second kappa shape index (κ2) is 4.31. The fourth-order valence-electron chi connectivity index (χ4n) is 1.05. The number of hydrogen-bond donors (Lipinski definition) is 1. The van der Waals surface area contributed by atoms with E-state index in [-0.39, 0.29) is 0 Å². The second-order valence-corrected chi connectivity index (χ2v) is 4.95. The molecule has 82 valence electrons. The van der Waals surface area contributed by atoms with Crippen molar-refractivity contribution >= 4 is 21.7 Å². The molecule has 5 nitrogen and oxygen atoms in total. The molecule has 0 saturated heterocycles. The number of aliphatic carboxylic acids is 1. The van der Waals surface area contributed by atoms with Crippen LogP contribution in [-0.2, 0) is 14.8 Å². The molecule has 15 heavy (non-hydrogen) atoms. The van der Waals surface area contributed by atoms with Crippen LogP contribution in [0.5, 0.6) is 0 Å². The maximum Gasteiger partial charge on any atom is 0.320 e. The van der Waals surface area contributed by atoms with Gasteiger partial charge in [-0.1, -0.05) is 18.2 Å². The lowest BCUT2D eigenvalue weighted by Crippen LogP contribution is -2.32. The molecule has 1 rings (SSSR count). The van der Waals surface area contributed by atoms with E-state index in [1.165, 1.54) is 7.05 Å². The molecular formula is C9H11NO4S. The van der Waals surface area contributed by atoms with Crippen LogP contribution in [0, 0.1) is 0 Å². The van der Waals surface area contributed by atoms with Crippen LogP contribution in [0.4, 0.5) is 5.69 Å². The summed E-state index contributed by atoms with van der Waals surface area (Å²) in [5, 5.41) is 8.44. The molecule has 0 heterocycles. The fraction of sp³-hybridized carbons (Fsp3) is 0.222. The Bertz CT molecular complexity index is 440. The van der Waals surface area contributed by atoms with Crippen molar-refractivity contribution in [1.29, 1.82) is 0 Å². The Labute approximate surface area is 88.0 Å². The molecule has 0 amide bonds. The minimum atomic E-state index is -3.78. The Kier molecular flexibility index (Phi) is 3.31. The molecule has 0 unspecified atom stereocenters. The Hall–Kier alpha value is -1.56. The van der Waals surface area contributed by atoms with Crippen molar-refractivity contribution in [2.75, 3.05) is 17.1 Å². The normalized spacial score (nSPS) is 11.0. The average Bonchev–Trinajstić information content (AvgIpc) is 2.16. The number of benzene rings is 1. The third-order valence-corrected chi connectivity index (χ3v) is 3.50. The predicted octanol–water partition coefficient (Wildman–Crippen LogP) is 0.537. The highest BCUT2D eigenvalue weighted by molar-refractivity contribution is 7.93. The van der Waals surface area contributed by atoms with Crippen molar-refractivity contribution in [2.24, 2.45) is 0 Å². The lowest BCUT2D eigenvalue weighted by atomic mass is 10.3. The van der Waals surface area contributed by atoms with Crippen molar-refractivity contribution in [3.8, 4) is 0 Å². The van der Waals surface area contributed by atoms with Crippen LogP contribution >= 0.6 is 0 Å². The summed E-state index contributed by atoms with van der Waals surface area (Å²) in [6, 6.07) is 8.31. The van der Waals surface area contributed by atoms with Gasteiger partial charge in [-0.25, -0.2) is 8.42 Å². The van der Waals surface area contributed by atoms with Crippen LogP contribution in [0.15, 0.2) is 30.3 Å². The molecule has 0 aliphatic carbocycles. The van der Waals surface area contributed by atoms with Crippen molar-refractivity contribution in [3.05, 3.63) is 30.3 Å². The molecule has 0 spiro atoms. The smallest absolute Gasteiger partial charge is 0.320 e. The van der Waals surface area contributed by atoms with Gasteiger partial charge in [0.25, 0.3) is 0 Å². The predicted molar refractivity (Wildman–Crippen MR) is 56.3 cm³/mol. The van der Waals surface area contributed by atoms with Crippen LogP contribution in [-0.4, -0.2) is 32.3 Å². The van der Waals surface area contributed by atoms with E-state index in [1.54, 1.807) is 30.3 Å². The topological polar surface area (TPSA) is 74.7 Å². The minimum Gasteiger partial charge on any atom is -0.480 e. The Morgan fingerprint density at radius 3 is 2.33 bits per heavy atom. The fourth-order valence-corrected chi connectivity index (χ4v) is 2.00. The summed E-state index contributed by atoms with van der Waals surface area (Å²) in [6.07, 6.45) is 0. The number of para-hydroxylation sites is 1. The SMILES string of the molecule is CN(c1ccccc1)S(=O)(=O)CC(=O)O. The first-order chi connectivity index (χ1) is 6.93. The Balaban J connectivity index is 2.95. The summed E-state index contributed by atoms with van der Waals surface area (Å²) in [4.78, 5) is 10.3. The van der Waals surface area contributed by atoms with Crippen molar-refractivity contribution in [1.82, 2.24) is 0 Å². The maximum absolute atomic E-state index is 11.5. The monoisotopic (exact) mass is 229 g/mol. The zero-order valence-corrected chi connectivity index (χ0v) is 8.94. The van der Waals surface area contributed by atoms with Gasteiger partial charge in [-0.2, -0.15) is 0 Å². The molecule has 0 aromatic heterocycles. The van der Waals surface area contributed by atoms with Crippen LogP contribution in [0.2, 0.25) is 0 Å². The van der Waals surface area contributed by atoms with Crippen LogP contribution in [0.3, 0.4) is 0 Å². The standard InChI is InChI=1S/C9H11NO4S/c1-10(8-5-3-2-4-6-8)15(13,14)7-9(11)12/h2-6H,7H2,1H3,(H,11,12). The first-order valence-corrected chi connectivity index (χ1v) is 5.78. The molecule has 1 aromatic rings. The minimum absolute atomic E-state index is 0.443. The molecule has 0 fully saturated rings. The summed E-state index contributed by atoms with van der Waals surface area (Å²) in [5.74, 6) is -2.27. The van der Waals surface area contributed by atoms with Crippen LogP contribution in [0.25, 0.3) is 0 Å². The van der Waals surface area contributed by atoms with E-state index in [4.69, 9.17) is 5.11 Å². The molecule has 0 aliphatic rings. The zero-order valence-electron chi connectivity index (χ0n) is 8.12. The third-order valence-electron chi connectivity index (χ3n) is 1.84. The molecule has 0 atom stereocenters. The second-order valence-electron chi connectivity index (χ2n) is 2.95. The molecular weight excluding hydrogens is 218 g/mol. The van der Waals surface area contributed by atoms with Gasteiger partial charge in [0.1, 0.15) is 0 Å². The summed E-state index contributed by atoms with van der Waals surface area (Å²) in [6.45, 7) is 0. The van der Waals surface area contributed by atoms with Gasteiger partial charge < -0.3 is 5.11 Å². The highest BCUT2D eigenvalue weighted by Crippen LogP contribution is 2.14. The van der Waals surface area contributed by atoms with Crippen molar-refractivity contribution in [2.45, 2.75) is 0 Å². The van der Waals surface area contributed by atoms with Gasteiger partial charge >= 0.3 is 5.97 Å². The molecule has 0 aliphatic heterocycles. The Morgan fingerprint density at radius 1 is 1.33 bits per heavy atom. The quantitative estimate of drug-likeness (QED) is 0.817. The summed E-state index contributed by atoms with van der Waals surface area (Å²) in [7, 11) is -2.45. The zero-order chi connectivity index (χ0) is 11.5. The van der Waals surface area contributed by atoms with Gasteiger partial charge in [-0.05, 0) is 12.1 Å². The van der Waals surface area contributed by atoms with Gasteiger partial charge in [0.15, 0.2) is 5.75 Å². The number of carboxylic acid groups (broad SMARTS) is 1. The summed E-state index contributed by atoms with van der Waals surface area (Å²) >= 11 is 0. The summed E-state index contributed by atoms with van der Waals surface area (Å²) < 4.78 is 23.9. The lowest BCUT2D eigenvalue weighted by molar-refractivity contribution is -0.134. The van der Waals surface area contributed by atoms with Crippen LogP contribution < -0.4 is 4.31 Å². The van der Waals surface area contributed by atoms with Gasteiger partial charge in [0.2, 0.25) is 10.0 Å². The van der Waals surface area contributed by atoms with Gasteiger partial charge in [0, 0.05) is 7.05 Å². The highest BCUT2D eigenvalue weighted by Gasteiger charge is 2.21. The molecule has 1 N–H and O–H groups in total. The number of nitrogens with zero attached hydrogens (tertiary/aromatic N) is 1. The van der Waals surface area contributed by atoms with Crippen molar-refractivity contribution < 1.29 is 18.3 Å². The van der Waals surface area contributed by atoms with Crippen LogP contribution in [0.1, 0.15) is 0 Å². The first kappa shape index (κ1) is 11.5. The average molecular weight is 229 g/mol. The van der Waals surface area contributed by atoms with E-state index in [0.717, 1.165) is 4.31 Å². The number of anilines is 1. The van der Waals surface area contributed by atoms with E-state index in [9.17, 15) is 13.2 Å². The number of rotatable bonds is 4. The third kappa shape index (κ3) is 2.95. The Morgan fingerprint density at radius 2 is 1.87 bits per heavy atom. The highest BCUT2D eigenvalue weighted by atomic mass is 32.2. The molecule has 0 radical (unpaired) electrons. The van der Waals surface area contributed by atoms with Crippen molar-refractivity contribution in [3.63, 3.8) is 0 Å². The van der Waals surface area contributed by atoms with E-state index < -0.39 is 21.7 Å². The lowest BCUT2D eigenvalue weighted by Gasteiger charge is -2.17. The largest absolute Gasteiger partial charge is 0.480 e. The van der Waals surface area contributed by atoms with E-state index >= 15 is 0 Å². The first-order valence-electron chi connectivity index (χ1n) is 4.17. The van der Waals surface area contributed by atoms with Gasteiger partial charge in [-0.3, -0.25) is 9.10 Å². The molecule has 0 saturated carbocycles. The number of carbonyl (C=O) groups is 1. The number of carboxylic acids is 1. The molecule has 1 aromatic carbocycles. The summed E-state index contributed by atoms with van der Waals surface area (Å²) in [5.41, 5.74) is 0.443. The van der Waals surface area contributed by atoms with E-state index in [2.05, 4.69) is 0 Å². The van der Waals surface area contributed by atoms with E-state index in [1.807, 2.05) is 0 Å². The van der Waals surface area contributed by atoms with Gasteiger partial charge in [0.05, 0.1) is 5.69 Å². The molecule has 6 heteroatoms. The number of sulfonamides is 1. The number of hydrogen-bond acceptors (Lipinski definition) is 3. The van der Waals surface area contributed by atoms with E-state index in [0.29, 0.717) is 5.69 Å². The van der Waals surface area contributed by atoms with Gasteiger partial charge in [-0.15, -0.1) is 0 Å². The molecule has 0 bridgehead atoms.